The van der Waals surface area contributed by atoms with Crippen molar-refractivity contribution in [2.24, 2.45) is 0 Å². The zero-order valence-corrected chi connectivity index (χ0v) is 71.4. The van der Waals surface area contributed by atoms with Gasteiger partial charge in [-0.25, -0.2) is 9.13 Å². The lowest BCUT2D eigenvalue weighted by atomic mass is 10.0. The van der Waals surface area contributed by atoms with Gasteiger partial charge >= 0.3 is 33.6 Å². The zero-order chi connectivity index (χ0) is 80.8. The smallest absolute Gasteiger partial charge is 0.463 e. The maximum Gasteiger partial charge on any atom is 0.472 e. The summed E-state index contributed by atoms with van der Waals surface area (Å²) in [5.41, 5.74) is 0. The van der Waals surface area contributed by atoms with Gasteiger partial charge in [-0.3, -0.25) is 32.5 Å². The van der Waals surface area contributed by atoms with Crippen LogP contribution in [0, 0.1) is 0 Å². The van der Waals surface area contributed by atoms with Crippen molar-refractivity contribution in [3.05, 3.63) is 170 Å². The monoisotopic (exact) mass is 1590 g/mol. The minimum Gasteiger partial charge on any atom is -0.463 e. The Morgan fingerprint density at radius 2 is 0.477 bits per heavy atom. The van der Waals surface area contributed by atoms with Crippen LogP contribution in [-0.2, 0) is 55.8 Å². The highest BCUT2D eigenvalue weighted by Gasteiger charge is 2.29. The maximum absolute atomic E-state index is 13.0. The predicted octanol–water partition coefficient (Wildman–Crippen LogP) is 26.3. The minimum atomic E-state index is -4.95. The third kappa shape index (κ3) is 85.6. The Labute approximate surface area is 675 Å². The molecule has 0 amide bonds. The Bertz CT molecular complexity index is 2700. The summed E-state index contributed by atoms with van der Waals surface area (Å²) in [4.78, 5) is 58.9. The van der Waals surface area contributed by atoms with Gasteiger partial charge in [0, 0.05) is 19.3 Å². The van der Waals surface area contributed by atoms with Crippen LogP contribution >= 0.6 is 15.6 Å². The molecular weight excluding hydrogens is 1430 g/mol. The average Bonchev–Trinajstić information content (AvgIpc) is 0.902. The van der Waals surface area contributed by atoms with Gasteiger partial charge in [0.15, 0.2) is 6.10 Å². The van der Waals surface area contributed by atoms with Crippen molar-refractivity contribution in [3.8, 4) is 0 Å². The summed E-state index contributed by atoms with van der Waals surface area (Å²) in [5.74, 6) is -1.62. The molecule has 4 N–H and O–H groups in total. The van der Waals surface area contributed by atoms with Gasteiger partial charge in [-0.15, -0.1) is 0 Å². The lowest BCUT2D eigenvalue weighted by Gasteiger charge is -2.21. The number of unbranched alkanes of at least 4 members (excludes halogenated alkanes) is 30. The maximum atomic E-state index is 13.0. The second-order valence-corrected chi connectivity index (χ2v) is 31.5. The molecule has 0 fully saturated rings. The Hall–Kier alpha value is -5.09. The molecule has 18 heteroatoms. The lowest BCUT2D eigenvalue weighted by molar-refractivity contribution is -0.161. The Kier molecular flexibility index (Phi) is 80.4. The first kappa shape index (κ1) is 106. The second kappa shape index (κ2) is 84.3. The quantitative estimate of drug-likeness (QED) is 0.0146. The highest BCUT2D eigenvalue weighted by molar-refractivity contribution is 7.47. The SMILES string of the molecule is CC/C=C\C/C=C\C/C=C\C/C=C\C/C=C\CCCCCCCCCCCC(=O)OCC(COP(=O)(O)OCC(O)COP(=O)(O)OCC(O)COC(=O)CCCCCCCCCCCCCCCCC/C=C\C/C=C\C/C=C\C/C=C\CCCCC)OC(=O)CCCCC/C=C\C/C=C\C/C=C\C/C=C\C/C=C\CC. The molecule has 0 aromatic heterocycles. The van der Waals surface area contributed by atoms with E-state index < -0.39 is 91.5 Å². The summed E-state index contributed by atoms with van der Waals surface area (Å²) in [6.07, 6.45) is 108. The molecular formula is C93H156O16P2. The van der Waals surface area contributed by atoms with Crippen LogP contribution in [0.3, 0.4) is 0 Å². The van der Waals surface area contributed by atoms with E-state index in [1.165, 1.54) is 128 Å². The predicted molar refractivity (Wildman–Crippen MR) is 463 cm³/mol. The van der Waals surface area contributed by atoms with Gasteiger partial charge in [0.05, 0.1) is 26.4 Å². The fourth-order valence-electron chi connectivity index (χ4n) is 11.4. The van der Waals surface area contributed by atoms with Crippen molar-refractivity contribution in [1.29, 1.82) is 0 Å². The van der Waals surface area contributed by atoms with Gasteiger partial charge < -0.3 is 34.2 Å². The number of phosphoric ester groups is 2. The molecule has 5 atom stereocenters. The van der Waals surface area contributed by atoms with Crippen LogP contribution in [-0.4, -0.2) is 95.9 Å². The highest BCUT2D eigenvalue weighted by Crippen LogP contribution is 2.45. The molecule has 0 bridgehead atoms. The Morgan fingerprint density at radius 1 is 0.261 bits per heavy atom. The van der Waals surface area contributed by atoms with Gasteiger partial charge in [-0.2, -0.15) is 0 Å². The van der Waals surface area contributed by atoms with Crippen LogP contribution in [0.4, 0.5) is 0 Å². The van der Waals surface area contributed by atoms with Crippen molar-refractivity contribution in [2.75, 3.05) is 39.6 Å². The number of carbonyl (C=O) groups excluding carboxylic acids is 3. The number of allylic oxidation sites excluding steroid dienone is 28. The zero-order valence-electron chi connectivity index (χ0n) is 69.6. The normalized spacial score (nSPS) is 14.7. The number of carbonyl (C=O) groups is 3. The summed E-state index contributed by atoms with van der Waals surface area (Å²) >= 11 is 0. The molecule has 0 rings (SSSR count). The van der Waals surface area contributed by atoms with Crippen LogP contribution in [0.2, 0.25) is 0 Å². The summed E-state index contributed by atoms with van der Waals surface area (Å²) in [5, 5.41) is 20.7. The first-order chi connectivity index (χ1) is 54.2. The second-order valence-electron chi connectivity index (χ2n) is 28.6. The molecule has 0 heterocycles. The van der Waals surface area contributed by atoms with E-state index in [0.717, 1.165) is 154 Å². The number of aliphatic hydroxyl groups is 2. The van der Waals surface area contributed by atoms with Crippen molar-refractivity contribution in [3.63, 3.8) is 0 Å². The fourth-order valence-corrected chi connectivity index (χ4v) is 13.0. The molecule has 0 aromatic carbocycles. The van der Waals surface area contributed by atoms with E-state index in [0.29, 0.717) is 19.3 Å². The summed E-state index contributed by atoms with van der Waals surface area (Å²) in [6.45, 7) is 2.40. The van der Waals surface area contributed by atoms with E-state index >= 15 is 0 Å². The minimum absolute atomic E-state index is 0.0585. The molecule has 0 saturated heterocycles. The number of ether oxygens (including phenoxy) is 3. The summed E-state index contributed by atoms with van der Waals surface area (Å²) in [6, 6.07) is 0. The van der Waals surface area contributed by atoms with E-state index in [-0.39, 0.29) is 19.3 Å². The van der Waals surface area contributed by atoms with Crippen LogP contribution in [0.25, 0.3) is 0 Å². The third-order valence-corrected chi connectivity index (χ3v) is 19.8. The standard InChI is InChI=1S/C93H156O16P2/c1-4-7-10-13-16-19-22-25-28-31-34-36-38-40-41-42-43-44-45-47-49-50-53-55-58-61-64-67-70-73-76-79-91(96)103-82-88(94)83-105-110(99,100)106-84-89(95)85-107-111(101,102)108-87-90(109-93(98)81-78-75-72-69-66-63-60-57-52-33-30-27-24-21-18-15-12-9-6-3)86-104-92(97)80-77-74-71-68-65-62-59-56-54-51-48-46-39-37-35-32-29-26-23-20-17-14-11-8-5-2/h8-9,11-12,16-21,25-30,34-37,40-41,46,48,52,57,63,66,88-90,94-95H,4-7,10,13-15,22-24,31-33,38-39,42-45,47,49-51,53-56,58-62,64-65,67-87H2,1-3H3,(H,99,100)(H,101,102)/b11-8-,12-9-,19-16-,20-17-,21-18-,28-25-,29-26-,30-27-,36-34-,37-35-,41-40-,48-46-,57-52-,66-63-. The van der Waals surface area contributed by atoms with Gasteiger partial charge in [-0.05, 0) is 154 Å². The van der Waals surface area contributed by atoms with E-state index in [1.54, 1.807) is 0 Å². The van der Waals surface area contributed by atoms with Crippen LogP contribution in [0.5, 0.6) is 0 Å². The van der Waals surface area contributed by atoms with E-state index in [4.69, 9.17) is 32.3 Å². The van der Waals surface area contributed by atoms with E-state index in [2.05, 4.69) is 191 Å². The van der Waals surface area contributed by atoms with Gasteiger partial charge in [0.2, 0.25) is 0 Å². The Balaban J connectivity index is 4.60. The van der Waals surface area contributed by atoms with Crippen molar-refractivity contribution in [1.82, 2.24) is 0 Å². The molecule has 16 nitrogen and oxygen atoms in total. The topological polar surface area (TPSA) is 231 Å². The first-order valence-electron chi connectivity index (χ1n) is 43.4. The lowest BCUT2D eigenvalue weighted by Crippen LogP contribution is -2.30. The molecule has 0 spiro atoms. The van der Waals surface area contributed by atoms with Crippen molar-refractivity contribution < 1.29 is 75.8 Å². The number of hydrogen-bond acceptors (Lipinski definition) is 14. The molecule has 0 aliphatic heterocycles. The molecule has 0 radical (unpaired) electrons. The molecule has 0 aromatic rings. The molecule has 0 saturated carbocycles. The van der Waals surface area contributed by atoms with Gasteiger partial charge in [0.25, 0.3) is 0 Å². The van der Waals surface area contributed by atoms with Gasteiger partial charge in [-0.1, -0.05) is 339 Å². The summed E-state index contributed by atoms with van der Waals surface area (Å²) in [7, 11) is -9.82. The number of phosphoric acid groups is 2. The molecule has 634 valence electrons. The van der Waals surface area contributed by atoms with E-state index in [1.807, 2.05) is 0 Å². The molecule has 5 unspecified atom stereocenters. The van der Waals surface area contributed by atoms with Crippen LogP contribution in [0.1, 0.15) is 342 Å². The first-order valence-corrected chi connectivity index (χ1v) is 46.4. The third-order valence-electron chi connectivity index (χ3n) is 17.9. The van der Waals surface area contributed by atoms with Gasteiger partial charge in [0.1, 0.15) is 25.4 Å². The van der Waals surface area contributed by atoms with E-state index in [9.17, 15) is 43.5 Å². The number of hydrogen-bond donors (Lipinski definition) is 4. The Morgan fingerprint density at radius 3 is 0.766 bits per heavy atom. The molecule has 0 aliphatic carbocycles. The number of esters is 3. The number of rotatable bonds is 81. The molecule has 111 heavy (non-hydrogen) atoms. The van der Waals surface area contributed by atoms with Crippen LogP contribution in [0.15, 0.2) is 170 Å². The molecule has 0 aliphatic rings. The summed E-state index contributed by atoms with van der Waals surface area (Å²) < 4.78 is 61.3. The van der Waals surface area contributed by atoms with Crippen LogP contribution < -0.4 is 0 Å². The van der Waals surface area contributed by atoms with Crippen molar-refractivity contribution in [2.45, 2.75) is 360 Å². The highest BCUT2D eigenvalue weighted by atomic mass is 31.2. The fraction of sp³-hybridized carbons (Fsp3) is 0.667. The van der Waals surface area contributed by atoms with Crippen molar-refractivity contribution >= 4 is 33.6 Å². The average molecular weight is 1590 g/mol. The largest absolute Gasteiger partial charge is 0.472 e. The number of aliphatic hydroxyl groups excluding tert-OH is 2.